The molecule has 1 amide bonds. The molecule has 0 saturated carbocycles. The smallest absolute Gasteiger partial charge is 0.300 e. The van der Waals surface area contributed by atoms with Gasteiger partial charge < -0.3 is 14.6 Å². The molecule has 3 aromatic rings. The minimum absolute atomic E-state index is 0.0464. The van der Waals surface area contributed by atoms with Crippen molar-refractivity contribution in [2.24, 2.45) is 0 Å². The maximum atomic E-state index is 13.5. The highest BCUT2D eigenvalue weighted by Gasteiger charge is 2.47. The van der Waals surface area contributed by atoms with E-state index in [1.165, 1.54) is 4.90 Å². The first-order valence-electron chi connectivity index (χ1n) is 13.0. The standard InChI is InChI=1S/C32H35NO5/c1-6-19-38-24-16-13-21(14-17-24)28-27(30(35)31(36)33(28)23-11-9-8-10-12-23)29(34)22-15-18-26(37-7-2)25(20-22)32(3,4)5/h8-18,20,28,34H,6-7,19H2,1-5H3/b29-27-. The average molecular weight is 514 g/mol. The van der Waals surface area contributed by atoms with Gasteiger partial charge in [-0.05, 0) is 66.8 Å². The van der Waals surface area contributed by atoms with E-state index in [1.807, 2.05) is 62.4 Å². The molecular formula is C32H35NO5. The molecule has 4 rings (SSSR count). The minimum Gasteiger partial charge on any atom is -0.507 e. The lowest BCUT2D eigenvalue weighted by Gasteiger charge is -2.26. The van der Waals surface area contributed by atoms with Crippen LogP contribution in [0.3, 0.4) is 0 Å². The van der Waals surface area contributed by atoms with E-state index >= 15 is 0 Å². The quantitative estimate of drug-likeness (QED) is 0.204. The van der Waals surface area contributed by atoms with Crippen molar-refractivity contribution in [1.82, 2.24) is 0 Å². The molecule has 38 heavy (non-hydrogen) atoms. The van der Waals surface area contributed by atoms with E-state index in [0.29, 0.717) is 35.8 Å². The van der Waals surface area contributed by atoms with Crippen LogP contribution in [-0.2, 0) is 15.0 Å². The highest BCUT2D eigenvalue weighted by atomic mass is 16.5. The van der Waals surface area contributed by atoms with Gasteiger partial charge in [-0.1, -0.05) is 58.0 Å². The number of hydrogen-bond donors (Lipinski definition) is 1. The second kappa shape index (κ2) is 11.1. The van der Waals surface area contributed by atoms with Gasteiger partial charge in [-0.2, -0.15) is 0 Å². The molecule has 6 heteroatoms. The highest BCUT2D eigenvalue weighted by molar-refractivity contribution is 6.51. The van der Waals surface area contributed by atoms with Gasteiger partial charge in [0.05, 0.1) is 24.8 Å². The SMILES string of the molecule is CCCOc1ccc(C2/C(=C(/O)c3ccc(OCC)c(C(C)(C)C)c3)C(=O)C(=O)N2c2ccccc2)cc1. The van der Waals surface area contributed by atoms with Gasteiger partial charge in [-0.25, -0.2) is 0 Å². The zero-order valence-electron chi connectivity index (χ0n) is 22.7. The average Bonchev–Trinajstić information content (AvgIpc) is 3.17. The number of ether oxygens (including phenoxy) is 2. The van der Waals surface area contributed by atoms with Gasteiger partial charge in [-0.3, -0.25) is 14.5 Å². The number of anilines is 1. The Labute approximate surface area is 224 Å². The Kier molecular flexibility index (Phi) is 7.91. The van der Waals surface area contributed by atoms with Crippen molar-refractivity contribution in [3.8, 4) is 11.5 Å². The molecular weight excluding hydrogens is 478 g/mol. The fourth-order valence-electron chi connectivity index (χ4n) is 4.67. The molecule has 1 fully saturated rings. The number of carbonyl (C=O) groups excluding carboxylic acids is 2. The van der Waals surface area contributed by atoms with Gasteiger partial charge >= 0.3 is 0 Å². The lowest BCUT2D eigenvalue weighted by Crippen LogP contribution is -2.29. The van der Waals surface area contributed by atoms with Gasteiger partial charge in [0.2, 0.25) is 0 Å². The molecule has 1 unspecified atom stereocenters. The fraction of sp³-hybridized carbons (Fsp3) is 0.312. The molecule has 0 aliphatic carbocycles. The Bertz CT molecular complexity index is 1340. The summed E-state index contributed by atoms with van der Waals surface area (Å²) in [6.45, 7) is 11.2. The van der Waals surface area contributed by atoms with Crippen LogP contribution in [0.1, 0.15) is 63.8 Å². The number of aliphatic hydroxyl groups excluding tert-OH is 1. The lowest BCUT2D eigenvalue weighted by molar-refractivity contribution is -0.132. The molecule has 0 aromatic heterocycles. The molecule has 0 bridgehead atoms. The Morgan fingerprint density at radius 1 is 0.921 bits per heavy atom. The third-order valence-electron chi connectivity index (χ3n) is 6.51. The summed E-state index contributed by atoms with van der Waals surface area (Å²) in [5, 5.41) is 11.6. The normalized spacial score (nSPS) is 17.1. The van der Waals surface area contributed by atoms with Gasteiger partial charge in [0, 0.05) is 16.8 Å². The maximum absolute atomic E-state index is 13.5. The molecule has 1 aliphatic heterocycles. The number of carbonyl (C=O) groups is 2. The highest BCUT2D eigenvalue weighted by Crippen LogP contribution is 2.43. The van der Waals surface area contributed by atoms with E-state index in [0.717, 1.165) is 17.7 Å². The van der Waals surface area contributed by atoms with Crippen LogP contribution in [0.4, 0.5) is 5.69 Å². The van der Waals surface area contributed by atoms with Gasteiger partial charge in [0.1, 0.15) is 17.3 Å². The fourth-order valence-corrected chi connectivity index (χ4v) is 4.67. The van der Waals surface area contributed by atoms with Crippen molar-refractivity contribution in [3.63, 3.8) is 0 Å². The first-order chi connectivity index (χ1) is 18.2. The van der Waals surface area contributed by atoms with Gasteiger partial charge in [-0.15, -0.1) is 0 Å². The van der Waals surface area contributed by atoms with Crippen LogP contribution < -0.4 is 14.4 Å². The minimum atomic E-state index is -0.803. The summed E-state index contributed by atoms with van der Waals surface area (Å²) >= 11 is 0. The van der Waals surface area contributed by atoms with Crippen LogP contribution in [0.15, 0.2) is 78.4 Å². The van der Waals surface area contributed by atoms with Crippen molar-refractivity contribution in [2.45, 2.75) is 52.5 Å². The number of amides is 1. The summed E-state index contributed by atoms with van der Waals surface area (Å²) in [6, 6.07) is 20.9. The number of aliphatic hydroxyl groups is 1. The Hall–Kier alpha value is -4.06. The largest absolute Gasteiger partial charge is 0.507 e. The first kappa shape index (κ1) is 27.0. The zero-order chi connectivity index (χ0) is 27.4. The predicted octanol–water partition coefficient (Wildman–Crippen LogP) is 6.80. The molecule has 198 valence electrons. The van der Waals surface area contributed by atoms with E-state index in [4.69, 9.17) is 9.47 Å². The van der Waals surface area contributed by atoms with E-state index < -0.39 is 17.7 Å². The Balaban J connectivity index is 1.89. The second-order valence-corrected chi connectivity index (χ2v) is 10.3. The maximum Gasteiger partial charge on any atom is 0.300 e. The number of benzene rings is 3. The molecule has 1 atom stereocenters. The molecule has 1 aliphatic rings. The van der Waals surface area contributed by atoms with Crippen LogP contribution >= 0.6 is 0 Å². The van der Waals surface area contributed by atoms with Crippen LogP contribution in [0.25, 0.3) is 5.76 Å². The molecule has 1 N–H and O–H groups in total. The number of para-hydroxylation sites is 1. The third kappa shape index (κ3) is 5.30. The summed E-state index contributed by atoms with van der Waals surface area (Å²) in [7, 11) is 0. The summed E-state index contributed by atoms with van der Waals surface area (Å²) < 4.78 is 11.6. The van der Waals surface area contributed by atoms with E-state index in [9.17, 15) is 14.7 Å². The molecule has 0 spiro atoms. The summed E-state index contributed by atoms with van der Waals surface area (Å²) in [5.74, 6) is -0.203. The molecule has 6 nitrogen and oxygen atoms in total. The Morgan fingerprint density at radius 2 is 1.61 bits per heavy atom. The predicted molar refractivity (Wildman–Crippen MR) is 150 cm³/mol. The number of ketones is 1. The van der Waals surface area contributed by atoms with Crippen molar-refractivity contribution in [3.05, 3.63) is 95.1 Å². The van der Waals surface area contributed by atoms with E-state index in [1.54, 1.807) is 24.3 Å². The van der Waals surface area contributed by atoms with Gasteiger partial charge in [0.25, 0.3) is 11.7 Å². The summed E-state index contributed by atoms with van der Waals surface area (Å²) in [5.41, 5.74) is 2.40. The first-order valence-corrected chi connectivity index (χ1v) is 13.0. The Morgan fingerprint density at radius 3 is 2.21 bits per heavy atom. The van der Waals surface area contributed by atoms with E-state index in [2.05, 4.69) is 20.8 Å². The van der Waals surface area contributed by atoms with Crippen molar-refractivity contribution in [1.29, 1.82) is 0 Å². The third-order valence-corrected chi connectivity index (χ3v) is 6.51. The number of Topliss-reactive ketones (excluding diaryl/α,β-unsaturated/α-hetero) is 1. The molecule has 0 radical (unpaired) electrons. The lowest BCUT2D eigenvalue weighted by atomic mass is 9.84. The van der Waals surface area contributed by atoms with Crippen molar-refractivity contribution in [2.75, 3.05) is 18.1 Å². The van der Waals surface area contributed by atoms with Crippen molar-refractivity contribution >= 4 is 23.1 Å². The second-order valence-electron chi connectivity index (χ2n) is 10.3. The number of rotatable bonds is 8. The van der Waals surface area contributed by atoms with Gasteiger partial charge in [0.15, 0.2) is 0 Å². The number of hydrogen-bond acceptors (Lipinski definition) is 5. The van der Waals surface area contributed by atoms with Crippen LogP contribution in [0.2, 0.25) is 0 Å². The monoisotopic (exact) mass is 513 g/mol. The molecule has 1 saturated heterocycles. The van der Waals surface area contributed by atoms with Crippen LogP contribution in [0.5, 0.6) is 11.5 Å². The zero-order valence-corrected chi connectivity index (χ0v) is 22.7. The summed E-state index contributed by atoms with van der Waals surface area (Å²) in [4.78, 5) is 28.3. The number of nitrogens with zero attached hydrogens (tertiary/aromatic N) is 1. The van der Waals surface area contributed by atoms with Crippen LogP contribution in [-0.4, -0.2) is 30.0 Å². The topological polar surface area (TPSA) is 76.1 Å². The van der Waals surface area contributed by atoms with Crippen LogP contribution in [0, 0.1) is 0 Å². The van der Waals surface area contributed by atoms with E-state index in [-0.39, 0.29) is 16.7 Å². The summed E-state index contributed by atoms with van der Waals surface area (Å²) in [6.07, 6.45) is 0.883. The molecule has 1 heterocycles. The molecule has 3 aromatic carbocycles. The van der Waals surface area contributed by atoms with Crippen molar-refractivity contribution < 1.29 is 24.2 Å².